The van der Waals surface area contributed by atoms with Crippen molar-refractivity contribution in [2.24, 2.45) is 0 Å². The Balaban J connectivity index is 2.46. The first-order valence-corrected chi connectivity index (χ1v) is 4.90. The number of hydrogen-bond donors (Lipinski definition) is 0. The summed E-state index contributed by atoms with van der Waals surface area (Å²) in [6.07, 6.45) is 2.49. The van der Waals surface area contributed by atoms with Crippen molar-refractivity contribution >= 4 is 12.3 Å². The molecule has 0 fully saturated rings. The third-order valence-corrected chi connectivity index (χ3v) is 1.79. The number of pyridine rings is 1. The molecule has 0 radical (unpaired) electrons. The summed E-state index contributed by atoms with van der Waals surface area (Å²) in [7, 11) is 0. The Hall–Kier alpha value is -1.75. The molecule has 0 aliphatic rings. The second-order valence-electron chi connectivity index (χ2n) is 2.98. The SMILES string of the molecule is CCOC(=O)C(C=O)OCc1cccnc1. The number of nitrogens with zero attached hydrogens (tertiary/aromatic N) is 1. The topological polar surface area (TPSA) is 65.5 Å². The molecule has 0 spiro atoms. The van der Waals surface area contributed by atoms with Gasteiger partial charge in [-0.2, -0.15) is 0 Å². The van der Waals surface area contributed by atoms with Crippen LogP contribution in [0.2, 0.25) is 0 Å². The lowest BCUT2D eigenvalue weighted by Crippen LogP contribution is -2.27. The summed E-state index contributed by atoms with van der Waals surface area (Å²) in [6, 6.07) is 3.54. The molecule has 1 atom stereocenters. The van der Waals surface area contributed by atoms with Gasteiger partial charge in [-0.3, -0.25) is 9.78 Å². The number of carbonyl (C=O) groups excluding carboxylic acids is 2. The summed E-state index contributed by atoms with van der Waals surface area (Å²) in [6.45, 7) is 2.04. The molecule has 5 nitrogen and oxygen atoms in total. The van der Waals surface area contributed by atoms with Gasteiger partial charge in [-0.25, -0.2) is 4.79 Å². The van der Waals surface area contributed by atoms with Crippen molar-refractivity contribution in [2.45, 2.75) is 19.6 Å². The predicted molar refractivity (Wildman–Crippen MR) is 55.5 cm³/mol. The van der Waals surface area contributed by atoms with Crippen molar-refractivity contribution in [3.05, 3.63) is 30.1 Å². The Morgan fingerprint density at radius 1 is 1.62 bits per heavy atom. The Kier molecular flexibility index (Phi) is 5.15. The quantitative estimate of drug-likeness (QED) is 0.404. The monoisotopic (exact) mass is 223 g/mol. The lowest BCUT2D eigenvalue weighted by atomic mass is 10.3. The summed E-state index contributed by atoms with van der Waals surface area (Å²) in [4.78, 5) is 25.7. The van der Waals surface area contributed by atoms with E-state index in [-0.39, 0.29) is 13.2 Å². The minimum absolute atomic E-state index is 0.149. The van der Waals surface area contributed by atoms with Crippen LogP contribution < -0.4 is 0 Å². The van der Waals surface area contributed by atoms with E-state index in [0.717, 1.165) is 5.56 Å². The predicted octanol–water partition coefficient (Wildman–Crippen LogP) is 0.729. The highest BCUT2D eigenvalue weighted by molar-refractivity contribution is 5.90. The first-order valence-electron chi connectivity index (χ1n) is 4.90. The van der Waals surface area contributed by atoms with E-state index in [9.17, 15) is 9.59 Å². The van der Waals surface area contributed by atoms with Gasteiger partial charge in [0.1, 0.15) is 0 Å². The van der Waals surface area contributed by atoms with E-state index in [2.05, 4.69) is 9.72 Å². The maximum Gasteiger partial charge on any atom is 0.342 e. The highest BCUT2D eigenvalue weighted by Gasteiger charge is 2.19. The Bertz CT molecular complexity index is 339. The second-order valence-corrected chi connectivity index (χ2v) is 2.98. The van der Waals surface area contributed by atoms with Crippen LogP contribution in [-0.4, -0.2) is 30.0 Å². The molecule has 5 heteroatoms. The van der Waals surface area contributed by atoms with Crippen molar-refractivity contribution in [2.75, 3.05) is 6.61 Å². The maximum atomic E-state index is 11.2. The van der Waals surface area contributed by atoms with E-state index in [1.54, 1.807) is 31.5 Å². The molecule has 0 aliphatic carbocycles. The third-order valence-electron chi connectivity index (χ3n) is 1.79. The molecule has 1 rings (SSSR count). The maximum absolute atomic E-state index is 11.2. The zero-order valence-corrected chi connectivity index (χ0v) is 8.96. The highest BCUT2D eigenvalue weighted by Crippen LogP contribution is 2.02. The van der Waals surface area contributed by atoms with E-state index in [1.165, 1.54) is 0 Å². The van der Waals surface area contributed by atoms with Crippen LogP contribution in [0.25, 0.3) is 0 Å². The number of hydrogen-bond acceptors (Lipinski definition) is 5. The number of esters is 1. The fraction of sp³-hybridized carbons (Fsp3) is 0.364. The number of rotatable bonds is 6. The van der Waals surface area contributed by atoms with Gasteiger partial charge in [0, 0.05) is 12.4 Å². The molecule has 16 heavy (non-hydrogen) atoms. The molecule has 0 saturated carbocycles. The first-order chi connectivity index (χ1) is 7.77. The largest absolute Gasteiger partial charge is 0.464 e. The zero-order chi connectivity index (χ0) is 11.8. The van der Waals surface area contributed by atoms with Gasteiger partial charge in [0.2, 0.25) is 6.10 Å². The van der Waals surface area contributed by atoms with Gasteiger partial charge in [-0.15, -0.1) is 0 Å². The van der Waals surface area contributed by atoms with Gasteiger partial charge >= 0.3 is 5.97 Å². The summed E-state index contributed by atoms with van der Waals surface area (Å²) in [5.41, 5.74) is 0.790. The fourth-order valence-corrected chi connectivity index (χ4v) is 1.06. The number of aldehydes is 1. The number of ether oxygens (including phenoxy) is 2. The van der Waals surface area contributed by atoms with Gasteiger partial charge in [-0.05, 0) is 18.6 Å². The molecule has 1 heterocycles. The highest BCUT2D eigenvalue weighted by atomic mass is 16.6. The fourth-order valence-electron chi connectivity index (χ4n) is 1.06. The summed E-state index contributed by atoms with van der Waals surface area (Å²) in [5, 5.41) is 0. The molecule has 0 saturated heterocycles. The van der Waals surface area contributed by atoms with E-state index < -0.39 is 12.1 Å². The third kappa shape index (κ3) is 3.78. The minimum Gasteiger partial charge on any atom is -0.464 e. The molecule has 1 aromatic rings. The van der Waals surface area contributed by atoms with Crippen LogP contribution in [0.5, 0.6) is 0 Å². The van der Waals surface area contributed by atoms with E-state index in [1.807, 2.05) is 0 Å². The van der Waals surface area contributed by atoms with Gasteiger partial charge in [-0.1, -0.05) is 6.07 Å². The summed E-state index contributed by atoms with van der Waals surface area (Å²) in [5.74, 6) is -0.665. The summed E-state index contributed by atoms with van der Waals surface area (Å²) < 4.78 is 9.78. The molecular formula is C11H13NO4. The lowest BCUT2D eigenvalue weighted by Gasteiger charge is -2.10. The first kappa shape index (κ1) is 12.3. The van der Waals surface area contributed by atoms with Crippen LogP contribution in [-0.2, 0) is 25.7 Å². The Morgan fingerprint density at radius 2 is 2.44 bits per heavy atom. The van der Waals surface area contributed by atoms with Crippen molar-refractivity contribution in [1.29, 1.82) is 0 Å². The molecule has 86 valence electrons. The molecular weight excluding hydrogens is 210 g/mol. The molecule has 0 N–H and O–H groups in total. The summed E-state index contributed by atoms with van der Waals surface area (Å²) >= 11 is 0. The molecule has 1 aromatic heterocycles. The Morgan fingerprint density at radius 3 is 3.00 bits per heavy atom. The molecule has 0 aromatic carbocycles. The van der Waals surface area contributed by atoms with Crippen LogP contribution in [0.1, 0.15) is 12.5 Å². The van der Waals surface area contributed by atoms with Crippen LogP contribution in [0.4, 0.5) is 0 Å². The van der Waals surface area contributed by atoms with Gasteiger partial charge < -0.3 is 9.47 Å². The minimum atomic E-state index is -1.17. The van der Waals surface area contributed by atoms with Gasteiger partial charge in [0.15, 0.2) is 6.29 Å². The average Bonchev–Trinajstić information content (AvgIpc) is 2.31. The molecule has 0 bridgehead atoms. The van der Waals surface area contributed by atoms with E-state index >= 15 is 0 Å². The standard InChI is InChI=1S/C11H13NO4/c1-2-15-11(14)10(7-13)16-8-9-4-3-5-12-6-9/h3-7,10H,2,8H2,1H3. The van der Waals surface area contributed by atoms with E-state index in [0.29, 0.717) is 6.29 Å². The van der Waals surface area contributed by atoms with Crippen LogP contribution in [0.15, 0.2) is 24.5 Å². The molecule has 0 aliphatic heterocycles. The number of aromatic nitrogens is 1. The molecule has 0 amide bonds. The normalized spacial score (nSPS) is 11.8. The second kappa shape index (κ2) is 6.68. The van der Waals surface area contributed by atoms with Crippen LogP contribution >= 0.6 is 0 Å². The van der Waals surface area contributed by atoms with Crippen molar-refractivity contribution in [1.82, 2.24) is 4.98 Å². The van der Waals surface area contributed by atoms with Crippen LogP contribution in [0.3, 0.4) is 0 Å². The molecule has 1 unspecified atom stereocenters. The van der Waals surface area contributed by atoms with Gasteiger partial charge in [0.25, 0.3) is 0 Å². The number of carbonyl (C=O) groups is 2. The van der Waals surface area contributed by atoms with Gasteiger partial charge in [0.05, 0.1) is 13.2 Å². The van der Waals surface area contributed by atoms with Crippen molar-refractivity contribution < 1.29 is 19.1 Å². The van der Waals surface area contributed by atoms with Crippen LogP contribution in [0, 0.1) is 0 Å². The smallest absolute Gasteiger partial charge is 0.342 e. The lowest BCUT2D eigenvalue weighted by molar-refractivity contribution is -0.158. The zero-order valence-electron chi connectivity index (χ0n) is 8.96. The van der Waals surface area contributed by atoms with Crippen molar-refractivity contribution in [3.8, 4) is 0 Å². The van der Waals surface area contributed by atoms with Crippen molar-refractivity contribution in [3.63, 3.8) is 0 Å². The Labute approximate surface area is 93.4 Å². The average molecular weight is 223 g/mol. The van der Waals surface area contributed by atoms with E-state index in [4.69, 9.17) is 4.74 Å².